The Kier molecular flexibility index (Phi) is 1.73. The topological polar surface area (TPSA) is 39.7 Å². The molecule has 14 heavy (non-hydrogen) atoms. The van der Waals surface area contributed by atoms with Crippen LogP contribution >= 0.6 is 0 Å². The first-order valence-corrected chi connectivity index (χ1v) is 4.69. The van der Waals surface area contributed by atoms with Gasteiger partial charge in [0.2, 0.25) is 6.79 Å². The third-order valence-electron chi connectivity index (χ3n) is 2.39. The van der Waals surface area contributed by atoms with Crippen molar-refractivity contribution in [1.82, 2.24) is 5.32 Å². The number of ether oxygens (including phenoxy) is 3. The van der Waals surface area contributed by atoms with Crippen molar-refractivity contribution in [3.05, 3.63) is 18.2 Å². The molecule has 1 N–H and O–H groups in total. The van der Waals surface area contributed by atoms with Crippen LogP contribution in [0.2, 0.25) is 0 Å². The van der Waals surface area contributed by atoms with Crippen LogP contribution in [0.5, 0.6) is 17.2 Å². The number of benzene rings is 1. The van der Waals surface area contributed by atoms with Gasteiger partial charge in [-0.25, -0.2) is 0 Å². The summed E-state index contributed by atoms with van der Waals surface area (Å²) in [6, 6.07) is 5.66. The molecule has 2 heterocycles. The fourth-order valence-electron chi connectivity index (χ4n) is 1.49. The van der Waals surface area contributed by atoms with Crippen LogP contribution in [0, 0.1) is 0 Å². The van der Waals surface area contributed by atoms with E-state index < -0.39 is 0 Å². The molecule has 3 rings (SSSR count). The Hall–Kier alpha value is -1.42. The molecule has 1 fully saturated rings. The summed E-state index contributed by atoms with van der Waals surface area (Å²) in [5.74, 6) is 2.42. The van der Waals surface area contributed by atoms with E-state index >= 15 is 0 Å². The molecule has 4 nitrogen and oxygen atoms in total. The third-order valence-corrected chi connectivity index (χ3v) is 2.39. The minimum absolute atomic E-state index is 0.301. The third kappa shape index (κ3) is 1.28. The molecule has 1 aromatic carbocycles. The Morgan fingerprint density at radius 2 is 2.07 bits per heavy atom. The Labute approximate surface area is 81.8 Å². The number of hydrogen-bond acceptors (Lipinski definition) is 4. The number of hydrogen-bond donors (Lipinski definition) is 1. The van der Waals surface area contributed by atoms with Crippen LogP contribution < -0.4 is 19.5 Å². The first-order chi connectivity index (χ1) is 6.92. The smallest absolute Gasteiger partial charge is 0.231 e. The van der Waals surface area contributed by atoms with E-state index in [2.05, 4.69) is 5.32 Å². The standard InChI is InChI=1S/C10H11NO3/c1-2-9-10(13-6-12-9)3-7(1)14-8-4-11-5-8/h1-3,8,11H,4-6H2. The molecule has 0 aromatic heterocycles. The van der Waals surface area contributed by atoms with Gasteiger partial charge in [0, 0.05) is 19.2 Å². The average Bonchev–Trinajstić information content (AvgIpc) is 2.58. The molecule has 0 bridgehead atoms. The lowest BCUT2D eigenvalue weighted by Gasteiger charge is -2.27. The Morgan fingerprint density at radius 3 is 2.86 bits per heavy atom. The largest absolute Gasteiger partial charge is 0.488 e. The maximum atomic E-state index is 5.68. The molecule has 74 valence electrons. The highest BCUT2D eigenvalue weighted by Crippen LogP contribution is 2.35. The summed E-state index contributed by atoms with van der Waals surface area (Å²) in [6.45, 7) is 2.16. The van der Waals surface area contributed by atoms with Crippen molar-refractivity contribution < 1.29 is 14.2 Å². The monoisotopic (exact) mass is 193 g/mol. The van der Waals surface area contributed by atoms with Crippen LogP contribution in [0.4, 0.5) is 0 Å². The zero-order chi connectivity index (χ0) is 9.38. The molecule has 1 aromatic rings. The van der Waals surface area contributed by atoms with Crippen molar-refractivity contribution >= 4 is 0 Å². The molecule has 0 atom stereocenters. The highest BCUT2D eigenvalue weighted by atomic mass is 16.7. The summed E-state index contributed by atoms with van der Waals surface area (Å²) in [4.78, 5) is 0. The summed E-state index contributed by atoms with van der Waals surface area (Å²) in [5, 5.41) is 3.15. The van der Waals surface area contributed by atoms with Crippen LogP contribution in [0.3, 0.4) is 0 Å². The Bertz CT molecular complexity index is 349. The first kappa shape index (κ1) is 7.94. The zero-order valence-electron chi connectivity index (χ0n) is 7.66. The Balaban J connectivity index is 1.78. The van der Waals surface area contributed by atoms with Crippen molar-refractivity contribution in [3.8, 4) is 17.2 Å². The van der Waals surface area contributed by atoms with Gasteiger partial charge in [0.15, 0.2) is 11.5 Å². The van der Waals surface area contributed by atoms with E-state index in [0.29, 0.717) is 12.9 Å². The molecule has 2 aliphatic heterocycles. The van der Waals surface area contributed by atoms with Crippen molar-refractivity contribution in [2.75, 3.05) is 19.9 Å². The minimum atomic E-state index is 0.301. The van der Waals surface area contributed by atoms with Crippen LogP contribution in [0.25, 0.3) is 0 Å². The van der Waals surface area contributed by atoms with Crippen LogP contribution in [0.15, 0.2) is 18.2 Å². The van der Waals surface area contributed by atoms with Crippen molar-refractivity contribution in [1.29, 1.82) is 0 Å². The van der Waals surface area contributed by atoms with Crippen molar-refractivity contribution in [2.45, 2.75) is 6.10 Å². The van der Waals surface area contributed by atoms with Crippen LogP contribution in [0.1, 0.15) is 0 Å². The fraction of sp³-hybridized carbons (Fsp3) is 0.400. The number of rotatable bonds is 2. The lowest BCUT2D eigenvalue weighted by molar-refractivity contribution is 0.141. The van der Waals surface area contributed by atoms with E-state index in [0.717, 1.165) is 30.3 Å². The maximum Gasteiger partial charge on any atom is 0.231 e. The summed E-state index contributed by atoms with van der Waals surface area (Å²) < 4.78 is 16.1. The second-order valence-electron chi connectivity index (χ2n) is 3.41. The Morgan fingerprint density at radius 1 is 1.21 bits per heavy atom. The predicted octanol–water partition coefficient (Wildman–Crippen LogP) is 0.766. The fourth-order valence-corrected chi connectivity index (χ4v) is 1.49. The SMILES string of the molecule is c1cc2c(cc1OC1CNC1)OCO2. The molecule has 1 saturated heterocycles. The van der Waals surface area contributed by atoms with Gasteiger partial charge in [0.25, 0.3) is 0 Å². The van der Waals surface area contributed by atoms with Crippen LogP contribution in [-0.2, 0) is 0 Å². The average molecular weight is 193 g/mol. The lowest BCUT2D eigenvalue weighted by atomic mass is 10.2. The zero-order valence-corrected chi connectivity index (χ0v) is 7.66. The predicted molar refractivity (Wildman–Crippen MR) is 49.9 cm³/mol. The van der Waals surface area contributed by atoms with Gasteiger partial charge in [0.1, 0.15) is 11.9 Å². The number of nitrogens with one attached hydrogen (secondary N) is 1. The highest BCUT2D eigenvalue weighted by Gasteiger charge is 2.20. The second-order valence-corrected chi connectivity index (χ2v) is 3.41. The first-order valence-electron chi connectivity index (χ1n) is 4.69. The molecule has 4 heteroatoms. The lowest BCUT2D eigenvalue weighted by Crippen LogP contribution is -2.50. The second kappa shape index (κ2) is 3.06. The van der Waals surface area contributed by atoms with E-state index in [-0.39, 0.29) is 0 Å². The van der Waals surface area contributed by atoms with E-state index in [4.69, 9.17) is 14.2 Å². The van der Waals surface area contributed by atoms with Gasteiger partial charge in [-0.3, -0.25) is 0 Å². The van der Waals surface area contributed by atoms with E-state index in [1.807, 2.05) is 18.2 Å². The van der Waals surface area contributed by atoms with Gasteiger partial charge >= 0.3 is 0 Å². The molecule has 0 aliphatic carbocycles. The highest BCUT2D eigenvalue weighted by molar-refractivity contribution is 5.46. The van der Waals surface area contributed by atoms with Gasteiger partial charge < -0.3 is 19.5 Å². The van der Waals surface area contributed by atoms with Crippen LogP contribution in [-0.4, -0.2) is 26.0 Å². The van der Waals surface area contributed by atoms with Gasteiger partial charge in [-0.15, -0.1) is 0 Å². The molecular weight excluding hydrogens is 182 g/mol. The summed E-state index contributed by atoms with van der Waals surface area (Å²) in [6.07, 6.45) is 0.301. The summed E-state index contributed by atoms with van der Waals surface area (Å²) in [5.41, 5.74) is 0. The molecule has 2 aliphatic rings. The van der Waals surface area contributed by atoms with E-state index in [9.17, 15) is 0 Å². The quantitative estimate of drug-likeness (QED) is 0.753. The van der Waals surface area contributed by atoms with Gasteiger partial charge in [0.05, 0.1) is 0 Å². The summed E-state index contributed by atoms with van der Waals surface area (Å²) in [7, 11) is 0. The summed E-state index contributed by atoms with van der Waals surface area (Å²) >= 11 is 0. The minimum Gasteiger partial charge on any atom is -0.488 e. The van der Waals surface area contributed by atoms with Gasteiger partial charge in [-0.2, -0.15) is 0 Å². The molecule has 0 radical (unpaired) electrons. The molecule has 0 amide bonds. The van der Waals surface area contributed by atoms with Gasteiger partial charge in [-0.05, 0) is 12.1 Å². The van der Waals surface area contributed by atoms with Gasteiger partial charge in [-0.1, -0.05) is 0 Å². The molecule has 0 spiro atoms. The number of fused-ring (bicyclic) bond motifs is 1. The molecule has 0 unspecified atom stereocenters. The maximum absolute atomic E-state index is 5.68. The van der Waals surface area contributed by atoms with E-state index in [1.54, 1.807) is 0 Å². The van der Waals surface area contributed by atoms with Crippen molar-refractivity contribution in [2.24, 2.45) is 0 Å². The van der Waals surface area contributed by atoms with Crippen molar-refractivity contribution in [3.63, 3.8) is 0 Å². The van der Waals surface area contributed by atoms with E-state index in [1.165, 1.54) is 0 Å². The molecule has 0 saturated carbocycles. The molecular formula is C10H11NO3. The normalized spacial score (nSPS) is 19.1.